The second kappa shape index (κ2) is 4.31. The number of methoxy groups -OCH3 is 1. The van der Waals surface area contributed by atoms with Gasteiger partial charge in [-0.3, -0.25) is 0 Å². The molecule has 3 rings (SSSR count). The lowest BCUT2D eigenvalue weighted by molar-refractivity contribution is 0.0595. The van der Waals surface area contributed by atoms with Crippen LogP contribution in [0.25, 0.3) is 21.9 Å². The minimum Gasteiger partial charge on any atom is -0.464 e. The molecule has 0 aliphatic heterocycles. The van der Waals surface area contributed by atoms with Crippen LogP contribution in [0.5, 0.6) is 0 Å². The van der Waals surface area contributed by atoms with Gasteiger partial charge in [0.15, 0.2) is 0 Å². The van der Waals surface area contributed by atoms with Crippen LogP contribution in [0.2, 0.25) is 0 Å². The van der Waals surface area contributed by atoms with E-state index >= 15 is 0 Å². The predicted molar refractivity (Wildman–Crippen MR) is 75.3 cm³/mol. The molecule has 19 heavy (non-hydrogen) atoms. The summed E-state index contributed by atoms with van der Waals surface area (Å²) in [7, 11) is 1.38. The van der Waals surface area contributed by atoms with Crippen molar-refractivity contribution >= 4 is 27.9 Å². The van der Waals surface area contributed by atoms with Gasteiger partial charge in [0.05, 0.1) is 12.6 Å². The van der Waals surface area contributed by atoms with E-state index in [2.05, 4.69) is 22.2 Å². The standard InChI is InChI=1S/C15H14N2O2/c1-3-8-17-13-7-5-4-6-10(13)11-9-12(15(18)19-2)16-14(11)17/h3-7,9,16H,1,8H2,2H3. The van der Waals surface area contributed by atoms with Gasteiger partial charge in [-0.05, 0) is 12.1 Å². The second-order valence-corrected chi connectivity index (χ2v) is 4.35. The summed E-state index contributed by atoms with van der Waals surface area (Å²) in [6.45, 7) is 4.47. The average Bonchev–Trinajstić information content (AvgIpc) is 2.98. The van der Waals surface area contributed by atoms with E-state index in [0.717, 1.165) is 21.9 Å². The zero-order valence-corrected chi connectivity index (χ0v) is 10.6. The van der Waals surface area contributed by atoms with Crippen LogP contribution in [0.3, 0.4) is 0 Å². The number of fused-ring (bicyclic) bond motifs is 3. The van der Waals surface area contributed by atoms with Gasteiger partial charge in [0.25, 0.3) is 0 Å². The molecular formula is C15H14N2O2. The van der Waals surface area contributed by atoms with Crippen molar-refractivity contribution in [1.82, 2.24) is 9.55 Å². The molecule has 4 nitrogen and oxygen atoms in total. The zero-order valence-electron chi connectivity index (χ0n) is 10.6. The average molecular weight is 254 g/mol. The number of hydrogen-bond donors (Lipinski definition) is 1. The van der Waals surface area contributed by atoms with Crippen LogP contribution >= 0.6 is 0 Å². The number of H-pyrrole nitrogens is 1. The van der Waals surface area contributed by atoms with Crippen molar-refractivity contribution in [3.8, 4) is 0 Å². The summed E-state index contributed by atoms with van der Waals surface area (Å²) in [5.41, 5.74) is 2.51. The van der Waals surface area contributed by atoms with Gasteiger partial charge in [-0.25, -0.2) is 4.79 Å². The summed E-state index contributed by atoms with van der Waals surface area (Å²) in [6.07, 6.45) is 1.84. The molecule has 0 spiro atoms. The molecule has 0 atom stereocenters. The number of benzene rings is 1. The Morgan fingerprint density at radius 1 is 1.42 bits per heavy atom. The third-order valence-electron chi connectivity index (χ3n) is 3.27. The van der Waals surface area contributed by atoms with Crippen molar-refractivity contribution in [1.29, 1.82) is 0 Å². The number of esters is 1. The molecule has 0 unspecified atom stereocenters. The predicted octanol–water partition coefficient (Wildman–Crippen LogP) is 3.10. The van der Waals surface area contributed by atoms with E-state index in [1.807, 2.05) is 30.3 Å². The fraction of sp³-hybridized carbons (Fsp3) is 0.133. The van der Waals surface area contributed by atoms with Gasteiger partial charge in [0, 0.05) is 17.3 Å². The van der Waals surface area contributed by atoms with Crippen molar-refractivity contribution in [2.75, 3.05) is 7.11 Å². The monoisotopic (exact) mass is 254 g/mol. The number of aromatic amines is 1. The van der Waals surface area contributed by atoms with Gasteiger partial charge in [-0.2, -0.15) is 0 Å². The molecule has 0 aliphatic carbocycles. The fourth-order valence-electron chi connectivity index (χ4n) is 2.46. The van der Waals surface area contributed by atoms with E-state index in [9.17, 15) is 4.79 Å². The van der Waals surface area contributed by atoms with Crippen LogP contribution < -0.4 is 0 Å². The van der Waals surface area contributed by atoms with Gasteiger partial charge in [-0.15, -0.1) is 6.58 Å². The molecular weight excluding hydrogens is 240 g/mol. The molecule has 0 bridgehead atoms. The van der Waals surface area contributed by atoms with Gasteiger partial charge < -0.3 is 14.3 Å². The Balaban J connectivity index is 2.35. The lowest BCUT2D eigenvalue weighted by atomic mass is 10.2. The number of nitrogens with one attached hydrogen (secondary N) is 1. The molecule has 0 radical (unpaired) electrons. The number of hydrogen-bond acceptors (Lipinski definition) is 2. The lowest BCUT2D eigenvalue weighted by Crippen LogP contribution is -2.02. The molecule has 4 heteroatoms. The van der Waals surface area contributed by atoms with Crippen LogP contribution in [0.4, 0.5) is 0 Å². The summed E-state index contributed by atoms with van der Waals surface area (Å²) in [5, 5.41) is 2.14. The Hall–Kier alpha value is -2.49. The van der Waals surface area contributed by atoms with Crippen LogP contribution in [0.1, 0.15) is 10.5 Å². The van der Waals surface area contributed by atoms with Crippen LogP contribution in [-0.2, 0) is 11.3 Å². The van der Waals surface area contributed by atoms with Crippen molar-refractivity contribution in [3.63, 3.8) is 0 Å². The topological polar surface area (TPSA) is 47.0 Å². The number of allylic oxidation sites excluding steroid dienone is 1. The van der Waals surface area contributed by atoms with Crippen LogP contribution in [0, 0.1) is 0 Å². The van der Waals surface area contributed by atoms with Crippen molar-refractivity contribution in [3.05, 3.63) is 48.7 Å². The molecule has 2 aromatic heterocycles. The third-order valence-corrected chi connectivity index (χ3v) is 3.27. The van der Waals surface area contributed by atoms with E-state index < -0.39 is 0 Å². The molecule has 1 aromatic carbocycles. The SMILES string of the molecule is C=CCn1c2ccccc2c2cc(C(=O)OC)[nH]c21. The number of ether oxygens (including phenoxy) is 1. The number of carbonyl (C=O) groups is 1. The molecule has 2 heterocycles. The Morgan fingerprint density at radius 3 is 2.95 bits per heavy atom. The highest BCUT2D eigenvalue weighted by molar-refractivity contribution is 6.09. The van der Waals surface area contributed by atoms with Crippen molar-refractivity contribution in [2.45, 2.75) is 6.54 Å². The number of aromatic nitrogens is 2. The normalized spacial score (nSPS) is 11.0. The van der Waals surface area contributed by atoms with Crippen molar-refractivity contribution in [2.24, 2.45) is 0 Å². The van der Waals surface area contributed by atoms with Crippen LogP contribution in [0.15, 0.2) is 43.0 Å². The van der Waals surface area contributed by atoms with E-state index in [-0.39, 0.29) is 5.97 Å². The minimum absolute atomic E-state index is 0.356. The van der Waals surface area contributed by atoms with E-state index in [1.165, 1.54) is 7.11 Å². The lowest BCUT2D eigenvalue weighted by Gasteiger charge is -2.02. The summed E-state index contributed by atoms with van der Waals surface area (Å²) in [4.78, 5) is 14.7. The van der Waals surface area contributed by atoms with Crippen molar-refractivity contribution < 1.29 is 9.53 Å². The van der Waals surface area contributed by atoms with E-state index in [1.54, 1.807) is 0 Å². The summed E-state index contributed by atoms with van der Waals surface area (Å²) in [6, 6.07) is 9.94. The highest BCUT2D eigenvalue weighted by Crippen LogP contribution is 2.29. The van der Waals surface area contributed by atoms with Gasteiger partial charge in [0.2, 0.25) is 0 Å². The maximum atomic E-state index is 11.6. The number of para-hydroxylation sites is 1. The summed E-state index contributed by atoms with van der Waals surface area (Å²) < 4.78 is 6.85. The summed E-state index contributed by atoms with van der Waals surface area (Å²) in [5.74, 6) is -0.356. The van der Waals surface area contributed by atoms with Gasteiger partial charge in [-0.1, -0.05) is 24.3 Å². The quantitative estimate of drug-likeness (QED) is 0.576. The second-order valence-electron chi connectivity index (χ2n) is 4.35. The van der Waals surface area contributed by atoms with E-state index in [4.69, 9.17) is 4.74 Å². The zero-order chi connectivity index (χ0) is 13.4. The maximum Gasteiger partial charge on any atom is 0.354 e. The van der Waals surface area contributed by atoms with Crippen LogP contribution in [-0.4, -0.2) is 22.6 Å². The number of rotatable bonds is 3. The Labute approximate surface area is 110 Å². The highest BCUT2D eigenvalue weighted by Gasteiger charge is 2.16. The molecule has 96 valence electrons. The smallest absolute Gasteiger partial charge is 0.354 e. The molecule has 0 fully saturated rings. The number of carbonyl (C=O) groups excluding carboxylic acids is 1. The Kier molecular flexibility index (Phi) is 2.63. The Morgan fingerprint density at radius 2 is 2.21 bits per heavy atom. The molecule has 3 aromatic rings. The first-order valence-corrected chi connectivity index (χ1v) is 6.05. The summed E-state index contributed by atoms with van der Waals surface area (Å²) >= 11 is 0. The molecule has 0 aliphatic rings. The highest BCUT2D eigenvalue weighted by atomic mass is 16.5. The van der Waals surface area contributed by atoms with E-state index in [0.29, 0.717) is 12.2 Å². The third kappa shape index (κ3) is 1.64. The van der Waals surface area contributed by atoms with Gasteiger partial charge in [0.1, 0.15) is 11.3 Å². The molecule has 0 saturated heterocycles. The molecule has 0 saturated carbocycles. The first-order chi connectivity index (χ1) is 9.26. The Bertz CT molecular complexity index is 780. The fourth-order valence-corrected chi connectivity index (χ4v) is 2.46. The largest absolute Gasteiger partial charge is 0.464 e. The molecule has 0 amide bonds. The first-order valence-electron chi connectivity index (χ1n) is 6.05. The number of nitrogens with zero attached hydrogens (tertiary/aromatic N) is 1. The molecule has 1 N–H and O–H groups in total. The van der Waals surface area contributed by atoms with Gasteiger partial charge >= 0.3 is 5.97 Å². The first kappa shape index (κ1) is 11.6. The maximum absolute atomic E-state index is 11.6. The minimum atomic E-state index is -0.356.